The average molecular weight is 485 g/mol. The number of likely N-dealkylation sites (N-methyl/N-ethyl adjacent to an activating group) is 1. The van der Waals surface area contributed by atoms with Crippen LogP contribution in [0.1, 0.15) is 44.7 Å². The van der Waals surface area contributed by atoms with Gasteiger partial charge in [0.1, 0.15) is 16.7 Å². The van der Waals surface area contributed by atoms with Gasteiger partial charge in [-0.3, -0.25) is 4.90 Å². The van der Waals surface area contributed by atoms with Crippen LogP contribution >= 0.6 is 0 Å². The van der Waals surface area contributed by atoms with E-state index in [4.69, 9.17) is 4.74 Å². The lowest BCUT2D eigenvalue weighted by Gasteiger charge is -2.37. The fourth-order valence-corrected chi connectivity index (χ4v) is 5.90. The minimum atomic E-state index is -3.84. The molecule has 2 aromatic carbocycles. The zero-order valence-electron chi connectivity index (χ0n) is 20.6. The van der Waals surface area contributed by atoms with Gasteiger partial charge in [-0.1, -0.05) is 56.0 Å². The molecule has 3 atom stereocenters. The molecule has 0 saturated carbocycles. The number of ether oxygens (including phenoxy) is 1. The van der Waals surface area contributed by atoms with Gasteiger partial charge in [0, 0.05) is 43.6 Å². The number of rotatable bonds is 7. The zero-order valence-corrected chi connectivity index (χ0v) is 21.4. The molecule has 1 N–H and O–H groups in total. The van der Waals surface area contributed by atoms with Crippen LogP contribution in [-0.4, -0.2) is 61.6 Å². The molecule has 0 radical (unpaired) electrons. The molecule has 6 nitrogen and oxygen atoms in total. The van der Waals surface area contributed by atoms with Gasteiger partial charge in [-0.2, -0.15) is 4.31 Å². The van der Waals surface area contributed by atoms with Crippen LogP contribution in [-0.2, 0) is 16.6 Å². The summed E-state index contributed by atoms with van der Waals surface area (Å²) in [5, 5.41) is 9.79. The van der Waals surface area contributed by atoms with Crippen LogP contribution in [0.5, 0.6) is 5.75 Å². The largest absolute Gasteiger partial charge is 0.487 e. The Balaban J connectivity index is 1.97. The number of hydrogen-bond acceptors (Lipinski definition) is 5. The summed E-state index contributed by atoms with van der Waals surface area (Å²) in [7, 11) is -1.80. The Morgan fingerprint density at radius 3 is 2.65 bits per heavy atom. The van der Waals surface area contributed by atoms with Gasteiger partial charge in [0.15, 0.2) is 0 Å². The molecule has 0 aromatic heterocycles. The summed E-state index contributed by atoms with van der Waals surface area (Å²) in [6.07, 6.45) is 1.50. The first kappa shape index (κ1) is 26.2. The predicted octanol–water partition coefficient (Wildman–Crippen LogP) is 3.74. The predicted molar refractivity (Wildman–Crippen MR) is 135 cm³/mol. The Hall–Kier alpha value is -2.37. The maximum absolute atomic E-state index is 13.6. The highest BCUT2D eigenvalue weighted by molar-refractivity contribution is 7.89. The van der Waals surface area contributed by atoms with Crippen molar-refractivity contribution in [2.75, 3.05) is 26.7 Å². The smallest absolute Gasteiger partial charge is 0.247 e. The van der Waals surface area contributed by atoms with Gasteiger partial charge in [0.2, 0.25) is 10.0 Å². The number of nitrogens with zero attached hydrogens (tertiary/aromatic N) is 2. The first-order valence-corrected chi connectivity index (χ1v) is 13.3. The topological polar surface area (TPSA) is 70.1 Å². The second-order valence-corrected chi connectivity index (χ2v) is 11.0. The molecular weight excluding hydrogens is 448 g/mol. The van der Waals surface area contributed by atoms with Gasteiger partial charge < -0.3 is 9.84 Å². The van der Waals surface area contributed by atoms with Gasteiger partial charge in [-0.25, -0.2) is 8.42 Å². The molecule has 0 bridgehead atoms. The van der Waals surface area contributed by atoms with E-state index in [1.54, 1.807) is 25.1 Å². The molecule has 7 heteroatoms. The van der Waals surface area contributed by atoms with Crippen LogP contribution in [0, 0.1) is 17.8 Å². The van der Waals surface area contributed by atoms with Crippen LogP contribution in [0.15, 0.2) is 53.4 Å². The third kappa shape index (κ3) is 6.39. The summed E-state index contributed by atoms with van der Waals surface area (Å²) in [5.41, 5.74) is 1.93. The van der Waals surface area contributed by atoms with Crippen molar-refractivity contribution in [3.05, 3.63) is 59.7 Å². The Kier molecular flexibility index (Phi) is 9.15. The normalized spacial score (nSPS) is 20.9. The molecule has 0 unspecified atom stereocenters. The SMILES string of the molecule is CCCC#Cc1ccc2c(c1)O[C@H](CN(C)Cc1ccccc1)[C@H](C)CN([C@H](C)CO)S2(=O)=O. The number of aliphatic hydroxyl groups excluding tert-OH is 1. The maximum Gasteiger partial charge on any atom is 0.247 e. The monoisotopic (exact) mass is 484 g/mol. The van der Waals surface area contributed by atoms with E-state index in [1.165, 1.54) is 9.87 Å². The molecule has 0 spiro atoms. The van der Waals surface area contributed by atoms with Crippen LogP contribution in [0.4, 0.5) is 0 Å². The van der Waals surface area contributed by atoms with Gasteiger partial charge in [0.05, 0.1) is 6.61 Å². The fourth-order valence-electron chi connectivity index (χ4n) is 4.08. The lowest BCUT2D eigenvalue weighted by Crippen LogP contribution is -2.49. The molecular formula is C27H36N2O4S. The van der Waals surface area contributed by atoms with Crippen molar-refractivity contribution in [1.29, 1.82) is 0 Å². The highest BCUT2D eigenvalue weighted by Gasteiger charge is 2.38. The van der Waals surface area contributed by atoms with E-state index in [0.717, 1.165) is 24.9 Å². The molecule has 184 valence electrons. The first-order valence-electron chi connectivity index (χ1n) is 11.9. The van der Waals surface area contributed by atoms with Crippen LogP contribution in [0.3, 0.4) is 0 Å². The lowest BCUT2D eigenvalue weighted by molar-refractivity contribution is 0.0733. The second kappa shape index (κ2) is 11.9. The molecule has 1 heterocycles. The summed E-state index contributed by atoms with van der Waals surface area (Å²) >= 11 is 0. The molecule has 34 heavy (non-hydrogen) atoms. The number of hydrogen-bond donors (Lipinski definition) is 1. The second-order valence-electron chi connectivity index (χ2n) is 9.14. The van der Waals surface area contributed by atoms with Crippen LogP contribution < -0.4 is 4.74 Å². The van der Waals surface area contributed by atoms with E-state index < -0.39 is 16.1 Å². The molecule has 3 rings (SSSR count). The summed E-state index contributed by atoms with van der Waals surface area (Å²) in [5.74, 6) is 6.46. The van der Waals surface area contributed by atoms with Crippen molar-refractivity contribution >= 4 is 10.0 Å². The molecule has 0 fully saturated rings. The number of aliphatic hydroxyl groups is 1. The van der Waals surface area contributed by atoms with Crippen molar-refractivity contribution in [2.24, 2.45) is 5.92 Å². The lowest BCUT2D eigenvalue weighted by atomic mass is 10.0. The molecule has 0 saturated heterocycles. The maximum atomic E-state index is 13.6. The number of fused-ring (bicyclic) bond motifs is 1. The van der Waals surface area contributed by atoms with E-state index in [2.05, 4.69) is 35.8 Å². The fraction of sp³-hybridized carbons (Fsp3) is 0.481. The van der Waals surface area contributed by atoms with Crippen molar-refractivity contribution in [1.82, 2.24) is 9.21 Å². The number of sulfonamides is 1. The standard InChI is InChI=1S/C27H36N2O4S/c1-5-6-8-11-23-14-15-27-25(16-23)33-26(19-28(4)18-24-12-9-7-10-13-24)21(2)17-29(22(3)20-30)34(27,31)32/h7,9-10,12-16,21-22,26,30H,5-6,17-20H2,1-4H3/t21-,22-,26-/m1/s1. The van der Waals surface area contributed by atoms with Crippen molar-refractivity contribution < 1.29 is 18.3 Å². The molecule has 0 amide bonds. The highest BCUT2D eigenvalue weighted by Crippen LogP contribution is 2.34. The number of unbranched alkanes of at least 4 members (excludes halogenated alkanes) is 1. The Morgan fingerprint density at radius 2 is 1.97 bits per heavy atom. The Morgan fingerprint density at radius 1 is 1.24 bits per heavy atom. The van der Waals surface area contributed by atoms with E-state index in [0.29, 0.717) is 12.3 Å². The van der Waals surface area contributed by atoms with E-state index >= 15 is 0 Å². The Bertz CT molecular complexity index is 1110. The van der Waals surface area contributed by atoms with Crippen molar-refractivity contribution in [2.45, 2.75) is 57.2 Å². The van der Waals surface area contributed by atoms with Gasteiger partial charge in [-0.15, -0.1) is 0 Å². The average Bonchev–Trinajstić information content (AvgIpc) is 2.81. The summed E-state index contributed by atoms with van der Waals surface area (Å²) in [6, 6.07) is 14.7. The summed E-state index contributed by atoms with van der Waals surface area (Å²) < 4.78 is 34.9. The minimum absolute atomic E-state index is 0.0926. The van der Waals surface area contributed by atoms with E-state index in [-0.39, 0.29) is 30.1 Å². The van der Waals surface area contributed by atoms with E-state index in [1.807, 2.05) is 32.2 Å². The third-order valence-corrected chi connectivity index (χ3v) is 8.08. The van der Waals surface area contributed by atoms with Gasteiger partial charge in [-0.05, 0) is 44.2 Å². The van der Waals surface area contributed by atoms with Crippen LogP contribution in [0.25, 0.3) is 0 Å². The quantitative estimate of drug-likeness (QED) is 0.607. The molecule has 2 aromatic rings. The van der Waals surface area contributed by atoms with Crippen molar-refractivity contribution in [3.8, 4) is 17.6 Å². The van der Waals surface area contributed by atoms with Crippen molar-refractivity contribution in [3.63, 3.8) is 0 Å². The number of benzene rings is 2. The molecule has 1 aliphatic rings. The third-order valence-electron chi connectivity index (χ3n) is 6.06. The van der Waals surface area contributed by atoms with Gasteiger partial charge >= 0.3 is 0 Å². The molecule has 1 aliphatic heterocycles. The van der Waals surface area contributed by atoms with E-state index in [9.17, 15) is 13.5 Å². The zero-order chi connectivity index (χ0) is 24.7. The van der Waals surface area contributed by atoms with Crippen LogP contribution in [0.2, 0.25) is 0 Å². The highest BCUT2D eigenvalue weighted by atomic mass is 32.2. The first-order chi connectivity index (χ1) is 16.3. The molecule has 0 aliphatic carbocycles. The minimum Gasteiger partial charge on any atom is -0.487 e. The summed E-state index contributed by atoms with van der Waals surface area (Å²) in [4.78, 5) is 2.31. The van der Waals surface area contributed by atoms with Gasteiger partial charge in [0.25, 0.3) is 0 Å². The Labute approximate surface area is 204 Å². The summed E-state index contributed by atoms with van der Waals surface area (Å²) in [6.45, 7) is 7.21.